The van der Waals surface area contributed by atoms with E-state index in [0.717, 1.165) is 6.42 Å². The van der Waals surface area contributed by atoms with Crippen LogP contribution in [-0.4, -0.2) is 51.0 Å². The largest absolute Gasteiger partial charge is 0.480 e. The van der Waals surface area contributed by atoms with Gasteiger partial charge in [-0.3, -0.25) is 4.90 Å². The first-order valence-electron chi connectivity index (χ1n) is 6.63. The summed E-state index contributed by atoms with van der Waals surface area (Å²) < 4.78 is 5.29. The van der Waals surface area contributed by atoms with Crippen LogP contribution in [-0.2, 0) is 9.53 Å². The van der Waals surface area contributed by atoms with Gasteiger partial charge in [0, 0.05) is 12.0 Å². The Morgan fingerprint density at radius 3 is 2.37 bits per heavy atom. The lowest BCUT2D eigenvalue weighted by atomic mass is 9.73. The number of aliphatic hydroxyl groups is 1. The van der Waals surface area contributed by atoms with Crippen LogP contribution in [0.15, 0.2) is 0 Å². The van der Waals surface area contributed by atoms with Crippen molar-refractivity contribution in [3.63, 3.8) is 0 Å². The number of aliphatic carboxylic acids is 1. The second-order valence-electron chi connectivity index (χ2n) is 6.37. The van der Waals surface area contributed by atoms with Gasteiger partial charge in [-0.15, -0.1) is 0 Å². The third kappa shape index (κ3) is 2.68. The molecule has 6 heteroatoms. The van der Waals surface area contributed by atoms with Gasteiger partial charge in [0.2, 0.25) is 0 Å². The SMILES string of the molecule is CC(C)(C)OC(=O)N1C2CCC([C@H](O)C2)[C@H]1C(=O)O. The van der Waals surface area contributed by atoms with Crippen LogP contribution in [0.5, 0.6) is 0 Å². The molecule has 2 unspecified atom stereocenters. The Balaban J connectivity index is 2.22. The zero-order valence-corrected chi connectivity index (χ0v) is 11.5. The molecule has 0 spiro atoms. The Kier molecular flexibility index (Phi) is 3.47. The highest BCUT2D eigenvalue weighted by Crippen LogP contribution is 2.40. The number of piperidine rings is 2. The molecule has 2 heterocycles. The van der Waals surface area contributed by atoms with Crippen LogP contribution in [0.2, 0.25) is 0 Å². The molecule has 19 heavy (non-hydrogen) atoms. The summed E-state index contributed by atoms with van der Waals surface area (Å²) in [4.78, 5) is 24.9. The summed E-state index contributed by atoms with van der Waals surface area (Å²) in [5, 5.41) is 19.2. The van der Waals surface area contributed by atoms with Crippen molar-refractivity contribution < 1.29 is 24.5 Å². The number of hydrogen-bond acceptors (Lipinski definition) is 4. The minimum Gasteiger partial charge on any atom is -0.480 e. The summed E-state index contributed by atoms with van der Waals surface area (Å²) in [7, 11) is 0. The number of fused-ring (bicyclic) bond motifs is 3. The van der Waals surface area contributed by atoms with Gasteiger partial charge in [-0.2, -0.15) is 0 Å². The van der Waals surface area contributed by atoms with Crippen LogP contribution >= 0.6 is 0 Å². The highest BCUT2D eigenvalue weighted by molar-refractivity contribution is 5.81. The molecule has 1 saturated carbocycles. The van der Waals surface area contributed by atoms with E-state index in [9.17, 15) is 19.8 Å². The quantitative estimate of drug-likeness (QED) is 0.748. The molecular formula is C13H21NO5. The second-order valence-corrected chi connectivity index (χ2v) is 6.37. The minimum atomic E-state index is -1.07. The van der Waals surface area contributed by atoms with Crippen molar-refractivity contribution in [1.82, 2.24) is 4.90 Å². The van der Waals surface area contributed by atoms with Gasteiger partial charge in [0.05, 0.1) is 6.10 Å². The number of carbonyl (C=O) groups is 2. The minimum absolute atomic E-state index is 0.240. The van der Waals surface area contributed by atoms with Crippen molar-refractivity contribution in [2.24, 2.45) is 5.92 Å². The van der Waals surface area contributed by atoms with Crippen molar-refractivity contribution >= 4 is 12.1 Å². The molecule has 3 fully saturated rings. The molecule has 2 aliphatic heterocycles. The summed E-state index contributed by atoms with van der Waals surface area (Å²) in [6.45, 7) is 5.24. The third-order valence-corrected chi connectivity index (χ3v) is 3.80. The molecular weight excluding hydrogens is 250 g/mol. The van der Waals surface area contributed by atoms with Crippen LogP contribution in [0.1, 0.15) is 40.0 Å². The molecule has 3 rings (SSSR count). The topological polar surface area (TPSA) is 87.1 Å². The molecule has 0 aromatic rings. The number of carbonyl (C=O) groups excluding carboxylic acids is 1. The molecule has 0 aromatic carbocycles. The smallest absolute Gasteiger partial charge is 0.411 e. The van der Waals surface area contributed by atoms with E-state index in [2.05, 4.69) is 0 Å². The average Bonchev–Trinajstić information content (AvgIpc) is 2.25. The number of aliphatic hydroxyl groups excluding tert-OH is 1. The lowest BCUT2D eigenvalue weighted by Crippen LogP contribution is -2.65. The van der Waals surface area contributed by atoms with Crippen molar-refractivity contribution in [2.75, 3.05) is 0 Å². The van der Waals surface area contributed by atoms with E-state index in [1.807, 2.05) is 0 Å². The molecule has 1 aliphatic carbocycles. The Morgan fingerprint density at radius 1 is 1.26 bits per heavy atom. The van der Waals surface area contributed by atoms with E-state index >= 15 is 0 Å². The molecule has 108 valence electrons. The van der Waals surface area contributed by atoms with Crippen LogP contribution in [0, 0.1) is 5.92 Å². The number of ether oxygens (including phenoxy) is 1. The van der Waals surface area contributed by atoms with Gasteiger partial charge < -0.3 is 14.9 Å². The van der Waals surface area contributed by atoms with Gasteiger partial charge >= 0.3 is 12.1 Å². The maximum absolute atomic E-state index is 12.2. The number of rotatable bonds is 1. The first-order valence-corrected chi connectivity index (χ1v) is 6.63. The van der Waals surface area contributed by atoms with E-state index in [0.29, 0.717) is 12.8 Å². The van der Waals surface area contributed by atoms with Crippen LogP contribution < -0.4 is 0 Å². The average molecular weight is 271 g/mol. The van der Waals surface area contributed by atoms with E-state index in [4.69, 9.17) is 4.74 Å². The zero-order chi connectivity index (χ0) is 14.4. The van der Waals surface area contributed by atoms with Gasteiger partial charge in [-0.25, -0.2) is 9.59 Å². The Morgan fingerprint density at radius 2 is 1.89 bits per heavy atom. The highest BCUT2D eigenvalue weighted by atomic mass is 16.6. The number of nitrogens with zero attached hydrogens (tertiary/aromatic N) is 1. The summed E-state index contributed by atoms with van der Waals surface area (Å²) in [6, 6.07) is -1.21. The van der Waals surface area contributed by atoms with Gasteiger partial charge in [-0.1, -0.05) is 0 Å². The monoisotopic (exact) mass is 271 g/mol. The van der Waals surface area contributed by atoms with Crippen molar-refractivity contribution in [3.8, 4) is 0 Å². The molecule has 1 amide bonds. The van der Waals surface area contributed by atoms with Crippen LogP contribution in [0.25, 0.3) is 0 Å². The van der Waals surface area contributed by atoms with E-state index in [1.54, 1.807) is 20.8 Å². The number of carboxylic acids is 1. The summed E-state index contributed by atoms with van der Waals surface area (Å²) in [5.74, 6) is -1.46. The maximum Gasteiger partial charge on any atom is 0.411 e. The summed E-state index contributed by atoms with van der Waals surface area (Å²) >= 11 is 0. The van der Waals surface area contributed by atoms with Gasteiger partial charge in [-0.05, 0) is 40.0 Å². The first kappa shape index (κ1) is 14.1. The number of amides is 1. The molecule has 0 aromatic heterocycles. The lowest BCUT2D eigenvalue weighted by molar-refractivity contribution is -0.159. The van der Waals surface area contributed by atoms with Gasteiger partial charge in [0.25, 0.3) is 0 Å². The fourth-order valence-corrected chi connectivity index (χ4v) is 3.08. The Bertz CT molecular complexity index is 389. The highest BCUT2D eigenvalue weighted by Gasteiger charge is 2.52. The lowest BCUT2D eigenvalue weighted by Gasteiger charge is -2.51. The molecule has 0 radical (unpaired) electrons. The van der Waals surface area contributed by atoms with Crippen molar-refractivity contribution in [3.05, 3.63) is 0 Å². The van der Waals surface area contributed by atoms with E-state index < -0.39 is 35.7 Å². The molecule has 6 nitrogen and oxygen atoms in total. The van der Waals surface area contributed by atoms with E-state index in [1.165, 1.54) is 4.90 Å². The first-order chi connectivity index (χ1) is 8.70. The van der Waals surface area contributed by atoms with Gasteiger partial charge in [0.1, 0.15) is 11.6 Å². The van der Waals surface area contributed by atoms with Crippen molar-refractivity contribution in [1.29, 1.82) is 0 Å². The molecule has 3 aliphatic rings. The Labute approximate surface area is 112 Å². The number of hydrogen-bond donors (Lipinski definition) is 2. The standard InChI is InChI=1S/C13H21NO5/c1-13(2,3)19-12(18)14-7-4-5-8(9(15)6-7)10(14)11(16)17/h7-10,15H,4-6H2,1-3H3,(H,16,17)/t7?,8?,9-,10+/m1/s1. The van der Waals surface area contributed by atoms with E-state index in [-0.39, 0.29) is 6.04 Å². The summed E-state index contributed by atoms with van der Waals surface area (Å²) in [6.07, 6.45) is 0.570. The maximum atomic E-state index is 12.2. The number of carboxylic acid groups (broad SMARTS) is 1. The van der Waals surface area contributed by atoms with Crippen molar-refractivity contribution in [2.45, 2.75) is 63.8 Å². The Hall–Kier alpha value is -1.30. The fraction of sp³-hybridized carbons (Fsp3) is 0.846. The molecule has 2 N–H and O–H groups in total. The van der Waals surface area contributed by atoms with Crippen LogP contribution in [0.3, 0.4) is 0 Å². The molecule has 2 saturated heterocycles. The van der Waals surface area contributed by atoms with Gasteiger partial charge in [0.15, 0.2) is 0 Å². The normalized spacial score (nSPS) is 34.2. The summed E-state index contributed by atoms with van der Waals surface area (Å²) in [5.41, 5.74) is -0.657. The third-order valence-electron chi connectivity index (χ3n) is 3.80. The molecule has 2 bridgehead atoms. The fourth-order valence-electron chi connectivity index (χ4n) is 3.08. The second kappa shape index (κ2) is 4.67. The van der Waals surface area contributed by atoms with Crippen LogP contribution in [0.4, 0.5) is 4.79 Å². The molecule has 4 atom stereocenters. The predicted molar refractivity (Wildman–Crippen MR) is 66.6 cm³/mol. The zero-order valence-electron chi connectivity index (χ0n) is 11.5. The predicted octanol–water partition coefficient (Wildman–Crippen LogP) is 1.22.